The monoisotopic (exact) mass is 370 g/mol. The van der Waals surface area contributed by atoms with Crippen molar-refractivity contribution in [2.75, 3.05) is 39.3 Å². The minimum Gasteiger partial charge on any atom is -0.361 e. The van der Waals surface area contributed by atoms with E-state index in [0.29, 0.717) is 30.4 Å². The zero-order valence-electron chi connectivity index (χ0n) is 15.5. The van der Waals surface area contributed by atoms with Crippen molar-refractivity contribution >= 4 is 22.8 Å². The molecule has 2 N–H and O–H groups in total. The van der Waals surface area contributed by atoms with Crippen LogP contribution in [0.25, 0.3) is 11.0 Å². The number of ketones is 1. The number of halogens is 1. The van der Waals surface area contributed by atoms with Crippen molar-refractivity contribution in [3.8, 4) is 0 Å². The molecule has 0 saturated carbocycles. The number of carbonyl (C=O) groups is 1. The Morgan fingerprint density at radius 3 is 2.67 bits per heavy atom. The number of aromatic amines is 1. The minimum atomic E-state index is -0.366. The summed E-state index contributed by atoms with van der Waals surface area (Å²) in [6.45, 7) is 2.01. The van der Waals surface area contributed by atoms with Gasteiger partial charge in [-0.3, -0.25) is 4.79 Å². The Kier molecular flexibility index (Phi) is 6.16. The average Bonchev–Trinajstić information content (AvgIpc) is 3.06. The predicted molar refractivity (Wildman–Crippen MR) is 104 cm³/mol. The number of fused-ring (bicyclic) bond motifs is 1. The first-order valence-electron chi connectivity index (χ1n) is 8.79. The van der Waals surface area contributed by atoms with E-state index in [0.717, 1.165) is 24.0 Å². The van der Waals surface area contributed by atoms with Crippen LogP contribution in [0.3, 0.4) is 0 Å². The smallest absolute Gasteiger partial charge is 0.202 e. The Morgan fingerprint density at radius 2 is 1.93 bits per heavy atom. The van der Waals surface area contributed by atoms with Crippen LogP contribution in [0, 0.1) is 5.82 Å². The molecule has 6 nitrogen and oxygen atoms in total. The molecule has 7 heteroatoms. The summed E-state index contributed by atoms with van der Waals surface area (Å²) in [5.74, 6) is 0.0597. The molecule has 0 atom stereocenters. The standard InChI is InChI=1S/C20H23FN4O2/c1-25(2)10-3-11-27-13-22-20-23-17-9-6-15(12-18(17)24-20)19(26)14-4-7-16(21)8-5-14/h4-9,12H,3,10-11,13H2,1-2H3,(H2,22,23,24). The van der Waals surface area contributed by atoms with Crippen molar-refractivity contribution < 1.29 is 13.9 Å². The van der Waals surface area contributed by atoms with Crippen LogP contribution in [0.1, 0.15) is 22.3 Å². The zero-order valence-corrected chi connectivity index (χ0v) is 15.5. The fourth-order valence-corrected chi connectivity index (χ4v) is 2.68. The molecule has 0 saturated heterocycles. The summed E-state index contributed by atoms with van der Waals surface area (Å²) in [5, 5.41) is 3.08. The molecule has 142 valence electrons. The lowest BCUT2D eigenvalue weighted by Gasteiger charge is -2.09. The van der Waals surface area contributed by atoms with Gasteiger partial charge in [0, 0.05) is 11.1 Å². The van der Waals surface area contributed by atoms with Gasteiger partial charge in [0.25, 0.3) is 0 Å². The Morgan fingerprint density at radius 1 is 1.19 bits per heavy atom. The third kappa shape index (κ3) is 5.12. The Labute approximate surface area is 157 Å². The Bertz CT molecular complexity index is 906. The van der Waals surface area contributed by atoms with E-state index in [1.807, 2.05) is 14.1 Å². The van der Waals surface area contributed by atoms with Crippen molar-refractivity contribution in [2.45, 2.75) is 6.42 Å². The molecule has 0 aliphatic rings. The Hall–Kier alpha value is -2.77. The van der Waals surface area contributed by atoms with Crippen LogP contribution in [-0.4, -0.2) is 54.6 Å². The van der Waals surface area contributed by atoms with Gasteiger partial charge in [-0.15, -0.1) is 0 Å². The van der Waals surface area contributed by atoms with E-state index in [1.54, 1.807) is 18.2 Å². The predicted octanol–water partition coefficient (Wildman–Crippen LogP) is 3.27. The van der Waals surface area contributed by atoms with Crippen molar-refractivity contribution in [3.05, 3.63) is 59.4 Å². The number of hydrogen-bond donors (Lipinski definition) is 2. The second kappa shape index (κ2) is 8.75. The SMILES string of the molecule is CN(C)CCCOCNc1nc2ccc(C(=O)c3ccc(F)cc3)cc2[nH]1. The third-order valence-electron chi connectivity index (χ3n) is 4.09. The number of hydrogen-bond acceptors (Lipinski definition) is 5. The first-order valence-corrected chi connectivity index (χ1v) is 8.79. The summed E-state index contributed by atoms with van der Waals surface area (Å²) in [6.07, 6.45) is 0.962. The molecule has 27 heavy (non-hydrogen) atoms. The van der Waals surface area contributed by atoms with Gasteiger partial charge in [-0.05, 0) is 69.5 Å². The van der Waals surface area contributed by atoms with Gasteiger partial charge in [0.2, 0.25) is 5.95 Å². The minimum absolute atomic E-state index is 0.162. The van der Waals surface area contributed by atoms with Gasteiger partial charge in [0.15, 0.2) is 5.78 Å². The lowest BCUT2D eigenvalue weighted by Crippen LogP contribution is -2.16. The van der Waals surface area contributed by atoms with E-state index in [2.05, 4.69) is 20.2 Å². The fraction of sp³-hybridized carbons (Fsp3) is 0.300. The van der Waals surface area contributed by atoms with Crippen molar-refractivity contribution in [1.82, 2.24) is 14.9 Å². The number of imidazole rings is 1. The van der Waals surface area contributed by atoms with Gasteiger partial charge in [-0.1, -0.05) is 0 Å². The van der Waals surface area contributed by atoms with Crippen LogP contribution >= 0.6 is 0 Å². The summed E-state index contributed by atoms with van der Waals surface area (Å²) in [4.78, 5) is 22.2. The maximum Gasteiger partial charge on any atom is 0.202 e. The number of nitrogens with one attached hydrogen (secondary N) is 2. The van der Waals surface area contributed by atoms with Gasteiger partial charge >= 0.3 is 0 Å². The maximum atomic E-state index is 13.0. The molecule has 1 aromatic heterocycles. The molecule has 0 spiro atoms. The maximum absolute atomic E-state index is 13.0. The molecule has 0 radical (unpaired) electrons. The highest BCUT2D eigenvalue weighted by Gasteiger charge is 2.11. The quantitative estimate of drug-likeness (QED) is 0.344. The van der Waals surface area contributed by atoms with Crippen LogP contribution in [0.4, 0.5) is 10.3 Å². The van der Waals surface area contributed by atoms with Crippen LogP contribution in [0.5, 0.6) is 0 Å². The third-order valence-corrected chi connectivity index (χ3v) is 4.09. The summed E-state index contributed by atoms with van der Waals surface area (Å²) in [6, 6.07) is 10.8. The van der Waals surface area contributed by atoms with Gasteiger partial charge in [0.1, 0.15) is 12.5 Å². The van der Waals surface area contributed by atoms with Crippen molar-refractivity contribution in [1.29, 1.82) is 0 Å². The summed E-state index contributed by atoms with van der Waals surface area (Å²) in [5.41, 5.74) is 2.46. The van der Waals surface area contributed by atoms with E-state index < -0.39 is 0 Å². The molecule has 0 aliphatic heterocycles. The van der Waals surface area contributed by atoms with E-state index in [4.69, 9.17) is 4.74 Å². The summed E-state index contributed by atoms with van der Waals surface area (Å²) >= 11 is 0. The summed E-state index contributed by atoms with van der Waals surface area (Å²) in [7, 11) is 4.06. The normalized spacial score (nSPS) is 11.3. The molecule has 3 aromatic rings. The number of anilines is 1. The highest BCUT2D eigenvalue weighted by molar-refractivity contribution is 6.10. The summed E-state index contributed by atoms with van der Waals surface area (Å²) < 4.78 is 18.6. The van der Waals surface area contributed by atoms with E-state index in [-0.39, 0.29) is 11.6 Å². The molecule has 0 fully saturated rings. The Balaban J connectivity index is 1.61. The second-order valence-electron chi connectivity index (χ2n) is 6.54. The van der Waals surface area contributed by atoms with Crippen LogP contribution in [0.2, 0.25) is 0 Å². The van der Waals surface area contributed by atoms with Crippen molar-refractivity contribution in [3.63, 3.8) is 0 Å². The lowest BCUT2D eigenvalue weighted by atomic mass is 10.0. The zero-order chi connectivity index (χ0) is 19.2. The average molecular weight is 370 g/mol. The lowest BCUT2D eigenvalue weighted by molar-refractivity contribution is 0.103. The van der Waals surface area contributed by atoms with E-state index in [9.17, 15) is 9.18 Å². The van der Waals surface area contributed by atoms with Gasteiger partial charge in [-0.25, -0.2) is 9.37 Å². The molecule has 0 amide bonds. The van der Waals surface area contributed by atoms with Gasteiger partial charge in [0.05, 0.1) is 17.6 Å². The number of aromatic nitrogens is 2. The number of nitrogens with zero attached hydrogens (tertiary/aromatic N) is 2. The molecular formula is C20H23FN4O2. The molecule has 3 rings (SSSR count). The molecule has 2 aromatic carbocycles. The second-order valence-corrected chi connectivity index (χ2v) is 6.54. The highest BCUT2D eigenvalue weighted by atomic mass is 19.1. The number of ether oxygens (including phenoxy) is 1. The topological polar surface area (TPSA) is 70.2 Å². The molecule has 0 aliphatic carbocycles. The molecule has 1 heterocycles. The molecular weight excluding hydrogens is 347 g/mol. The largest absolute Gasteiger partial charge is 0.361 e. The number of benzene rings is 2. The van der Waals surface area contributed by atoms with Crippen LogP contribution < -0.4 is 5.32 Å². The molecule has 0 bridgehead atoms. The fourth-order valence-electron chi connectivity index (χ4n) is 2.68. The highest BCUT2D eigenvalue weighted by Crippen LogP contribution is 2.18. The number of H-pyrrole nitrogens is 1. The van der Waals surface area contributed by atoms with E-state index in [1.165, 1.54) is 24.3 Å². The van der Waals surface area contributed by atoms with Gasteiger partial charge < -0.3 is 19.9 Å². The molecule has 0 unspecified atom stereocenters. The number of carbonyl (C=O) groups excluding carboxylic acids is 1. The first-order chi connectivity index (χ1) is 13.0. The van der Waals surface area contributed by atoms with Crippen LogP contribution in [-0.2, 0) is 4.74 Å². The number of rotatable bonds is 9. The van der Waals surface area contributed by atoms with E-state index >= 15 is 0 Å². The van der Waals surface area contributed by atoms with Crippen molar-refractivity contribution in [2.24, 2.45) is 0 Å². The first kappa shape index (κ1) is 19.0. The van der Waals surface area contributed by atoms with Gasteiger partial charge in [-0.2, -0.15) is 0 Å². The van der Waals surface area contributed by atoms with Crippen LogP contribution in [0.15, 0.2) is 42.5 Å².